The first-order valence-electron chi connectivity index (χ1n) is 4.95. The van der Waals surface area contributed by atoms with Gasteiger partial charge in [0.1, 0.15) is 12.0 Å². The van der Waals surface area contributed by atoms with Gasteiger partial charge in [0.15, 0.2) is 5.82 Å². The van der Waals surface area contributed by atoms with Gasteiger partial charge < -0.3 is 14.2 Å². The molecular formula is C10H11IN4O2. The number of carboxylic acids is 1. The fourth-order valence-electron chi connectivity index (χ4n) is 1.73. The van der Waals surface area contributed by atoms with Crippen LogP contribution >= 0.6 is 22.6 Å². The molecule has 17 heavy (non-hydrogen) atoms. The summed E-state index contributed by atoms with van der Waals surface area (Å²) in [6.45, 7) is 1.90. The predicted molar refractivity (Wildman–Crippen MR) is 68.9 cm³/mol. The fraction of sp³-hybridized carbons (Fsp3) is 0.300. The van der Waals surface area contributed by atoms with E-state index in [2.05, 4.69) is 32.8 Å². The van der Waals surface area contributed by atoms with Crippen molar-refractivity contribution in [3.05, 3.63) is 33.7 Å². The lowest BCUT2D eigenvalue weighted by Crippen LogP contribution is -2.16. The van der Waals surface area contributed by atoms with Crippen molar-refractivity contribution in [2.75, 3.05) is 0 Å². The third-order valence-electron chi connectivity index (χ3n) is 2.57. The van der Waals surface area contributed by atoms with Gasteiger partial charge in [-0.2, -0.15) is 0 Å². The molecule has 0 bridgehead atoms. The first kappa shape index (κ1) is 12.1. The summed E-state index contributed by atoms with van der Waals surface area (Å²) < 4.78 is 4.35. The smallest absolute Gasteiger partial charge is 0.352 e. The minimum Gasteiger partial charge on any atom is -0.477 e. The highest BCUT2D eigenvalue weighted by Crippen LogP contribution is 2.21. The van der Waals surface area contributed by atoms with Gasteiger partial charge in [-0.25, -0.2) is 4.79 Å². The van der Waals surface area contributed by atoms with Gasteiger partial charge in [0.2, 0.25) is 0 Å². The molecule has 0 amide bonds. The number of hydrogen-bond acceptors (Lipinski definition) is 3. The summed E-state index contributed by atoms with van der Waals surface area (Å²) in [5, 5.41) is 16.9. The minimum atomic E-state index is -0.943. The molecule has 1 unspecified atom stereocenters. The number of carboxylic acid groups (broad SMARTS) is 1. The number of hydrogen-bond donors (Lipinski definition) is 1. The lowest BCUT2D eigenvalue weighted by molar-refractivity contribution is 0.0684. The number of aromatic nitrogens is 4. The first-order valence-corrected chi connectivity index (χ1v) is 6.03. The Bertz CT molecular complexity index is 560. The van der Waals surface area contributed by atoms with Crippen LogP contribution in [0.2, 0.25) is 0 Å². The SMILES string of the molecule is CC(c1nncn1C)n1cc(I)cc1C(=O)O. The molecule has 0 aliphatic carbocycles. The van der Waals surface area contributed by atoms with Crippen LogP contribution in [0.1, 0.15) is 29.3 Å². The van der Waals surface area contributed by atoms with Gasteiger partial charge >= 0.3 is 5.97 Å². The quantitative estimate of drug-likeness (QED) is 0.856. The highest BCUT2D eigenvalue weighted by Gasteiger charge is 2.20. The van der Waals surface area contributed by atoms with Crippen molar-refractivity contribution in [2.45, 2.75) is 13.0 Å². The second-order valence-electron chi connectivity index (χ2n) is 3.73. The molecule has 0 aromatic carbocycles. The molecule has 2 aromatic heterocycles. The molecule has 1 atom stereocenters. The summed E-state index contributed by atoms with van der Waals surface area (Å²) in [6, 6.07) is 1.47. The summed E-state index contributed by atoms with van der Waals surface area (Å²) in [7, 11) is 1.83. The van der Waals surface area contributed by atoms with Crippen LogP contribution in [0, 0.1) is 3.57 Å². The van der Waals surface area contributed by atoms with Crippen molar-refractivity contribution in [1.29, 1.82) is 0 Å². The molecular weight excluding hydrogens is 335 g/mol. The van der Waals surface area contributed by atoms with Gasteiger partial charge in [0.25, 0.3) is 0 Å². The van der Waals surface area contributed by atoms with Crippen molar-refractivity contribution in [1.82, 2.24) is 19.3 Å². The number of rotatable bonds is 3. The summed E-state index contributed by atoms with van der Waals surface area (Å²) in [5.74, 6) is -0.221. The molecule has 0 aliphatic heterocycles. The normalized spacial score (nSPS) is 12.6. The molecule has 0 aliphatic rings. The molecule has 7 heteroatoms. The van der Waals surface area contributed by atoms with E-state index < -0.39 is 5.97 Å². The highest BCUT2D eigenvalue weighted by molar-refractivity contribution is 14.1. The first-order chi connectivity index (χ1) is 8.00. The van der Waals surface area contributed by atoms with E-state index >= 15 is 0 Å². The molecule has 0 saturated heterocycles. The van der Waals surface area contributed by atoms with Gasteiger partial charge in [-0.05, 0) is 35.6 Å². The van der Waals surface area contributed by atoms with Crippen LogP contribution in [0.4, 0.5) is 0 Å². The van der Waals surface area contributed by atoms with E-state index in [9.17, 15) is 4.79 Å². The Morgan fingerprint density at radius 1 is 1.59 bits per heavy atom. The maximum absolute atomic E-state index is 11.1. The van der Waals surface area contributed by atoms with E-state index in [4.69, 9.17) is 5.11 Å². The Labute approximate surface area is 111 Å². The number of halogens is 1. The topological polar surface area (TPSA) is 72.9 Å². The van der Waals surface area contributed by atoms with Crippen molar-refractivity contribution >= 4 is 28.6 Å². The van der Waals surface area contributed by atoms with Gasteiger partial charge in [-0.1, -0.05) is 0 Å². The monoisotopic (exact) mass is 346 g/mol. The Balaban J connectivity index is 2.47. The highest BCUT2D eigenvalue weighted by atomic mass is 127. The van der Waals surface area contributed by atoms with Gasteiger partial charge in [0, 0.05) is 16.8 Å². The second kappa shape index (κ2) is 4.47. The lowest BCUT2D eigenvalue weighted by Gasteiger charge is -2.14. The fourth-order valence-corrected chi connectivity index (χ4v) is 2.33. The number of nitrogens with zero attached hydrogens (tertiary/aromatic N) is 4. The van der Waals surface area contributed by atoms with Crippen molar-refractivity contribution in [3.63, 3.8) is 0 Å². The molecule has 0 saturated carbocycles. The van der Waals surface area contributed by atoms with E-state index in [0.29, 0.717) is 0 Å². The van der Waals surface area contributed by atoms with Crippen LogP contribution in [-0.4, -0.2) is 30.4 Å². The van der Waals surface area contributed by atoms with Gasteiger partial charge in [0.05, 0.1) is 6.04 Å². The summed E-state index contributed by atoms with van der Waals surface area (Å²) in [4.78, 5) is 11.1. The lowest BCUT2D eigenvalue weighted by atomic mass is 10.3. The van der Waals surface area contributed by atoms with E-state index in [1.165, 1.54) is 0 Å². The molecule has 0 spiro atoms. The Hall–Kier alpha value is -1.38. The van der Waals surface area contributed by atoms with Crippen LogP contribution in [0.25, 0.3) is 0 Å². The van der Waals surface area contributed by atoms with Crippen LogP contribution in [0.15, 0.2) is 18.6 Å². The number of aryl methyl sites for hydroxylation is 1. The summed E-state index contributed by atoms with van der Waals surface area (Å²) in [6.07, 6.45) is 3.39. The largest absolute Gasteiger partial charge is 0.477 e. The average Bonchev–Trinajstić information content (AvgIpc) is 2.83. The minimum absolute atomic E-state index is 0.169. The molecule has 0 radical (unpaired) electrons. The third-order valence-corrected chi connectivity index (χ3v) is 3.16. The van der Waals surface area contributed by atoms with Gasteiger partial charge in [-0.3, -0.25) is 0 Å². The summed E-state index contributed by atoms with van der Waals surface area (Å²) in [5.41, 5.74) is 0.255. The van der Waals surface area contributed by atoms with Crippen LogP contribution < -0.4 is 0 Å². The second-order valence-corrected chi connectivity index (χ2v) is 4.98. The van der Waals surface area contributed by atoms with E-state index in [-0.39, 0.29) is 11.7 Å². The molecule has 6 nitrogen and oxygen atoms in total. The van der Waals surface area contributed by atoms with Crippen LogP contribution in [0.3, 0.4) is 0 Å². The van der Waals surface area contributed by atoms with Crippen molar-refractivity contribution in [2.24, 2.45) is 7.05 Å². The maximum Gasteiger partial charge on any atom is 0.352 e. The molecule has 2 heterocycles. The van der Waals surface area contributed by atoms with Crippen LogP contribution in [-0.2, 0) is 7.05 Å². The summed E-state index contributed by atoms with van der Waals surface area (Å²) >= 11 is 2.09. The zero-order valence-electron chi connectivity index (χ0n) is 9.33. The predicted octanol–water partition coefficient (Wildman–Crippen LogP) is 1.53. The molecule has 0 fully saturated rings. The zero-order chi connectivity index (χ0) is 12.6. The molecule has 90 valence electrons. The zero-order valence-corrected chi connectivity index (χ0v) is 11.5. The Kier molecular flexibility index (Phi) is 3.18. The van der Waals surface area contributed by atoms with Crippen molar-refractivity contribution < 1.29 is 9.90 Å². The molecule has 2 aromatic rings. The Morgan fingerprint density at radius 2 is 2.29 bits per heavy atom. The maximum atomic E-state index is 11.1. The van der Waals surface area contributed by atoms with E-state index in [1.54, 1.807) is 27.7 Å². The Morgan fingerprint density at radius 3 is 2.82 bits per heavy atom. The number of aromatic carboxylic acids is 1. The third kappa shape index (κ3) is 2.19. The number of carbonyl (C=O) groups is 1. The van der Waals surface area contributed by atoms with E-state index in [0.717, 1.165) is 9.39 Å². The van der Waals surface area contributed by atoms with Crippen LogP contribution in [0.5, 0.6) is 0 Å². The van der Waals surface area contributed by atoms with Gasteiger partial charge in [-0.15, -0.1) is 10.2 Å². The van der Waals surface area contributed by atoms with E-state index in [1.807, 2.05) is 14.0 Å². The molecule has 1 N–H and O–H groups in total. The average molecular weight is 346 g/mol. The molecule has 2 rings (SSSR count). The standard InChI is InChI=1S/C10H11IN4O2/c1-6(9-13-12-5-14(9)2)15-4-7(11)3-8(15)10(16)17/h3-6H,1-2H3,(H,16,17). The van der Waals surface area contributed by atoms with Crippen molar-refractivity contribution in [3.8, 4) is 0 Å².